The normalized spacial score (nSPS) is 22.4. The van der Waals surface area contributed by atoms with Gasteiger partial charge in [-0.3, -0.25) is 4.79 Å². The Labute approximate surface area is 166 Å². The maximum absolute atomic E-state index is 12.7. The van der Waals surface area contributed by atoms with Crippen LogP contribution in [0.3, 0.4) is 0 Å². The zero-order valence-electron chi connectivity index (χ0n) is 16.6. The smallest absolute Gasteiger partial charge is 0.286 e. The van der Waals surface area contributed by atoms with E-state index in [1.54, 1.807) is 7.11 Å². The van der Waals surface area contributed by atoms with Gasteiger partial charge in [0, 0.05) is 25.0 Å². The van der Waals surface area contributed by atoms with Crippen LogP contribution in [0.2, 0.25) is 0 Å². The zero-order valence-corrected chi connectivity index (χ0v) is 16.6. The lowest BCUT2D eigenvalue weighted by Gasteiger charge is -2.30. The third-order valence-electron chi connectivity index (χ3n) is 5.37. The summed E-state index contributed by atoms with van der Waals surface area (Å²) in [6.07, 6.45) is 7.91. The number of nitrogens with one attached hydrogen (secondary N) is 1. The van der Waals surface area contributed by atoms with Crippen molar-refractivity contribution in [2.45, 2.75) is 63.2 Å². The first-order valence-electron chi connectivity index (χ1n) is 10.3. The number of rotatable bonds is 9. The Hall–Kier alpha value is -2.05. The predicted molar refractivity (Wildman–Crippen MR) is 106 cm³/mol. The largest absolute Gasteiger partial charge is 0.497 e. The van der Waals surface area contributed by atoms with Crippen molar-refractivity contribution < 1.29 is 24.1 Å². The van der Waals surface area contributed by atoms with E-state index in [1.807, 2.05) is 30.3 Å². The van der Waals surface area contributed by atoms with Gasteiger partial charge < -0.3 is 24.6 Å². The Morgan fingerprint density at radius 1 is 1.21 bits per heavy atom. The average Bonchev–Trinajstić information content (AvgIpc) is 3.24. The van der Waals surface area contributed by atoms with E-state index >= 15 is 0 Å². The standard InChI is InChI=1S/C22H31NO5/c1-26-19-10-8-16(9-11-19)17-14-20(22(25)23-18-6-2-3-7-18)28-21(15-17)27-13-5-4-12-24/h8-11,14,17-18,21,24H,2-7,12-13,15H2,1H3,(H,23,25)/t17-,21+/m1/s1. The second-order valence-electron chi connectivity index (χ2n) is 7.45. The van der Waals surface area contributed by atoms with E-state index < -0.39 is 6.29 Å². The molecule has 0 radical (unpaired) electrons. The van der Waals surface area contributed by atoms with E-state index in [0.29, 0.717) is 25.2 Å². The number of aliphatic hydroxyl groups is 1. The van der Waals surface area contributed by atoms with E-state index in [2.05, 4.69) is 5.32 Å². The molecule has 0 spiro atoms. The number of hydrogen-bond acceptors (Lipinski definition) is 5. The average molecular weight is 389 g/mol. The van der Waals surface area contributed by atoms with Gasteiger partial charge in [0.1, 0.15) is 5.75 Å². The first-order valence-corrected chi connectivity index (χ1v) is 10.3. The lowest BCUT2D eigenvalue weighted by Crippen LogP contribution is -2.37. The van der Waals surface area contributed by atoms with E-state index in [-0.39, 0.29) is 24.5 Å². The fourth-order valence-electron chi connectivity index (χ4n) is 3.76. The van der Waals surface area contributed by atoms with E-state index in [1.165, 1.54) is 0 Å². The molecule has 1 heterocycles. The fourth-order valence-corrected chi connectivity index (χ4v) is 3.76. The summed E-state index contributed by atoms with van der Waals surface area (Å²) in [7, 11) is 1.64. The number of methoxy groups -OCH3 is 1. The lowest BCUT2D eigenvalue weighted by molar-refractivity contribution is -0.146. The highest BCUT2D eigenvalue weighted by atomic mass is 16.7. The van der Waals surface area contributed by atoms with Crippen LogP contribution in [0.5, 0.6) is 5.75 Å². The van der Waals surface area contributed by atoms with Crippen molar-refractivity contribution in [1.82, 2.24) is 5.32 Å². The molecule has 3 rings (SSSR count). The van der Waals surface area contributed by atoms with Gasteiger partial charge in [-0.25, -0.2) is 0 Å². The van der Waals surface area contributed by atoms with Crippen LogP contribution in [0.15, 0.2) is 36.1 Å². The summed E-state index contributed by atoms with van der Waals surface area (Å²) in [6, 6.07) is 8.12. The highest BCUT2D eigenvalue weighted by Crippen LogP contribution is 2.32. The molecule has 1 amide bonds. The van der Waals surface area contributed by atoms with Gasteiger partial charge in [-0.15, -0.1) is 0 Å². The number of benzene rings is 1. The van der Waals surface area contributed by atoms with Gasteiger partial charge in [-0.2, -0.15) is 0 Å². The number of carbonyl (C=O) groups is 1. The third kappa shape index (κ3) is 5.72. The molecule has 154 valence electrons. The number of unbranched alkanes of at least 4 members (excludes halogenated alkanes) is 1. The molecular weight excluding hydrogens is 358 g/mol. The molecule has 2 aliphatic rings. The van der Waals surface area contributed by atoms with Crippen LogP contribution in [0.1, 0.15) is 56.4 Å². The molecule has 1 aromatic rings. The highest BCUT2D eigenvalue weighted by molar-refractivity contribution is 5.92. The molecule has 1 aromatic carbocycles. The minimum absolute atomic E-state index is 0.0341. The summed E-state index contributed by atoms with van der Waals surface area (Å²) >= 11 is 0. The minimum Gasteiger partial charge on any atom is -0.497 e. The van der Waals surface area contributed by atoms with Crippen LogP contribution in [-0.4, -0.2) is 43.7 Å². The molecule has 6 nitrogen and oxygen atoms in total. The van der Waals surface area contributed by atoms with Gasteiger partial charge in [-0.1, -0.05) is 25.0 Å². The molecule has 1 fully saturated rings. The van der Waals surface area contributed by atoms with Crippen molar-refractivity contribution in [2.75, 3.05) is 20.3 Å². The van der Waals surface area contributed by atoms with E-state index in [9.17, 15) is 4.79 Å². The van der Waals surface area contributed by atoms with Crippen LogP contribution >= 0.6 is 0 Å². The van der Waals surface area contributed by atoms with E-state index in [4.69, 9.17) is 19.3 Å². The van der Waals surface area contributed by atoms with Crippen LogP contribution < -0.4 is 10.1 Å². The molecule has 1 aliphatic carbocycles. The van der Waals surface area contributed by atoms with Gasteiger partial charge in [0.25, 0.3) is 5.91 Å². The third-order valence-corrected chi connectivity index (χ3v) is 5.37. The molecule has 6 heteroatoms. The van der Waals surface area contributed by atoms with Gasteiger partial charge >= 0.3 is 0 Å². The lowest BCUT2D eigenvalue weighted by atomic mass is 9.92. The molecule has 0 unspecified atom stereocenters. The van der Waals surface area contributed by atoms with Gasteiger partial charge in [-0.05, 0) is 49.5 Å². The van der Waals surface area contributed by atoms with Gasteiger partial charge in [0.2, 0.25) is 6.29 Å². The first kappa shape index (κ1) is 20.7. The Balaban J connectivity index is 1.70. The topological polar surface area (TPSA) is 77.0 Å². The number of aliphatic hydroxyl groups excluding tert-OH is 1. The second kappa shape index (κ2) is 10.5. The Kier molecular flexibility index (Phi) is 7.74. The fraction of sp³-hybridized carbons (Fsp3) is 0.591. The molecule has 1 saturated carbocycles. The van der Waals surface area contributed by atoms with Crippen LogP contribution in [0.4, 0.5) is 0 Å². The molecule has 2 atom stereocenters. The zero-order chi connectivity index (χ0) is 19.8. The van der Waals surface area contributed by atoms with Crippen molar-refractivity contribution in [3.8, 4) is 5.75 Å². The Morgan fingerprint density at radius 3 is 2.64 bits per heavy atom. The summed E-state index contributed by atoms with van der Waals surface area (Å²) < 4.78 is 17.0. The monoisotopic (exact) mass is 389 g/mol. The van der Waals surface area contributed by atoms with Crippen LogP contribution in [0.25, 0.3) is 0 Å². The van der Waals surface area contributed by atoms with E-state index in [0.717, 1.165) is 43.4 Å². The maximum Gasteiger partial charge on any atom is 0.286 e. The number of ether oxygens (including phenoxy) is 3. The van der Waals surface area contributed by atoms with Crippen molar-refractivity contribution in [2.24, 2.45) is 0 Å². The second-order valence-corrected chi connectivity index (χ2v) is 7.45. The van der Waals surface area contributed by atoms with Crippen molar-refractivity contribution in [3.05, 3.63) is 41.7 Å². The summed E-state index contributed by atoms with van der Waals surface area (Å²) in [5.74, 6) is 1.02. The molecule has 28 heavy (non-hydrogen) atoms. The van der Waals surface area contributed by atoms with Crippen molar-refractivity contribution >= 4 is 5.91 Å². The maximum atomic E-state index is 12.7. The summed E-state index contributed by atoms with van der Waals surface area (Å²) in [5.41, 5.74) is 1.10. The van der Waals surface area contributed by atoms with Crippen molar-refractivity contribution in [1.29, 1.82) is 0 Å². The van der Waals surface area contributed by atoms with Crippen molar-refractivity contribution in [3.63, 3.8) is 0 Å². The Bertz CT molecular complexity index is 651. The molecule has 0 aromatic heterocycles. The van der Waals surface area contributed by atoms with Gasteiger partial charge in [0.15, 0.2) is 5.76 Å². The SMILES string of the molecule is COc1ccc([C@@H]2C=C(C(=O)NC3CCCC3)O[C@H](OCCCCO)C2)cc1. The number of carbonyl (C=O) groups excluding carboxylic acids is 1. The summed E-state index contributed by atoms with van der Waals surface area (Å²) in [5, 5.41) is 12.0. The number of hydrogen-bond donors (Lipinski definition) is 2. The highest BCUT2D eigenvalue weighted by Gasteiger charge is 2.30. The van der Waals surface area contributed by atoms with Crippen LogP contribution in [0, 0.1) is 0 Å². The molecule has 0 saturated heterocycles. The summed E-state index contributed by atoms with van der Waals surface area (Å²) in [6.45, 7) is 0.649. The minimum atomic E-state index is -0.472. The molecule has 2 N–H and O–H groups in total. The first-order chi connectivity index (χ1) is 13.7. The predicted octanol–water partition coefficient (Wildman–Crippen LogP) is 3.26. The molecular formula is C22H31NO5. The number of amides is 1. The quantitative estimate of drug-likeness (QED) is 0.634. The Morgan fingerprint density at radius 2 is 1.96 bits per heavy atom. The van der Waals surface area contributed by atoms with Crippen LogP contribution in [-0.2, 0) is 14.3 Å². The summed E-state index contributed by atoms with van der Waals surface area (Å²) in [4.78, 5) is 12.7. The molecule has 1 aliphatic heterocycles. The number of allylic oxidation sites excluding steroid dienone is 1. The molecule has 0 bridgehead atoms. The van der Waals surface area contributed by atoms with Gasteiger partial charge in [0.05, 0.1) is 13.7 Å².